The number of carbonyl (C=O) groups excluding carboxylic acids is 1. The van der Waals surface area contributed by atoms with E-state index in [9.17, 15) is 4.79 Å². The number of hydrogen-bond donors (Lipinski definition) is 0. The lowest BCUT2D eigenvalue weighted by Gasteiger charge is -2.26. The Labute approximate surface area is 152 Å². The standard InChI is InChI=1S/C23H44O/c1-3-4-5-6-7-8-9-10-11-12-13-14-15-16-22-17-19-23(20-18-22)21(2)24/h22-23H,3-20H2,1-2H3. The maximum absolute atomic E-state index is 11.4. The predicted octanol–water partition coefficient (Wildman–Crippen LogP) is 7.86. The van der Waals surface area contributed by atoms with Crippen molar-refractivity contribution < 1.29 is 4.79 Å². The zero-order valence-electron chi connectivity index (χ0n) is 16.8. The van der Waals surface area contributed by atoms with Crippen LogP contribution in [0.2, 0.25) is 0 Å². The average molecular weight is 337 g/mol. The van der Waals surface area contributed by atoms with Crippen molar-refractivity contribution in [1.82, 2.24) is 0 Å². The summed E-state index contributed by atoms with van der Waals surface area (Å²) < 4.78 is 0. The van der Waals surface area contributed by atoms with Crippen LogP contribution in [-0.4, -0.2) is 5.78 Å². The lowest BCUT2D eigenvalue weighted by molar-refractivity contribution is -0.121. The zero-order chi connectivity index (χ0) is 17.5. The molecule has 1 rings (SSSR count). The van der Waals surface area contributed by atoms with Crippen LogP contribution in [-0.2, 0) is 4.79 Å². The summed E-state index contributed by atoms with van der Waals surface area (Å²) in [7, 11) is 0. The van der Waals surface area contributed by atoms with E-state index in [1.54, 1.807) is 6.92 Å². The molecule has 0 heterocycles. The number of rotatable bonds is 15. The molecule has 0 aromatic carbocycles. The number of hydrogen-bond acceptors (Lipinski definition) is 1. The topological polar surface area (TPSA) is 17.1 Å². The molecule has 1 heteroatoms. The van der Waals surface area contributed by atoms with E-state index in [1.807, 2.05) is 0 Å². The van der Waals surface area contributed by atoms with Crippen LogP contribution < -0.4 is 0 Å². The maximum atomic E-state index is 11.4. The van der Waals surface area contributed by atoms with Gasteiger partial charge in [0.25, 0.3) is 0 Å². The van der Waals surface area contributed by atoms with Crippen molar-refractivity contribution in [3.63, 3.8) is 0 Å². The fourth-order valence-corrected chi connectivity index (χ4v) is 4.31. The van der Waals surface area contributed by atoms with E-state index < -0.39 is 0 Å². The molecule has 24 heavy (non-hydrogen) atoms. The van der Waals surface area contributed by atoms with E-state index in [2.05, 4.69) is 6.92 Å². The molecule has 1 aliphatic rings. The van der Waals surface area contributed by atoms with Gasteiger partial charge in [0, 0.05) is 5.92 Å². The summed E-state index contributed by atoms with van der Waals surface area (Å²) in [5, 5.41) is 0. The highest BCUT2D eigenvalue weighted by atomic mass is 16.1. The molecule has 0 aliphatic heterocycles. The van der Waals surface area contributed by atoms with Crippen LogP contribution in [0.1, 0.15) is 129 Å². The van der Waals surface area contributed by atoms with Gasteiger partial charge in [0.1, 0.15) is 5.78 Å². The zero-order valence-corrected chi connectivity index (χ0v) is 16.8. The van der Waals surface area contributed by atoms with Gasteiger partial charge in [0.2, 0.25) is 0 Å². The Morgan fingerprint density at radius 1 is 0.667 bits per heavy atom. The third kappa shape index (κ3) is 11.3. The fourth-order valence-electron chi connectivity index (χ4n) is 4.31. The minimum absolute atomic E-state index is 0.396. The second-order valence-electron chi connectivity index (χ2n) is 8.36. The number of Topliss-reactive ketones (excluding diaryl/α,β-unsaturated/α-hetero) is 1. The summed E-state index contributed by atoms with van der Waals surface area (Å²) in [6.45, 7) is 4.07. The molecule has 0 atom stereocenters. The van der Waals surface area contributed by atoms with Crippen LogP contribution in [0.25, 0.3) is 0 Å². The van der Waals surface area contributed by atoms with Crippen molar-refractivity contribution in [2.45, 2.75) is 129 Å². The third-order valence-electron chi connectivity index (χ3n) is 6.14. The van der Waals surface area contributed by atoms with Gasteiger partial charge in [-0.25, -0.2) is 0 Å². The van der Waals surface area contributed by atoms with Crippen LogP contribution in [0.3, 0.4) is 0 Å². The van der Waals surface area contributed by atoms with Gasteiger partial charge in [-0.2, -0.15) is 0 Å². The van der Waals surface area contributed by atoms with E-state index in [0.29, 0.717) is 11.7 Å². The van der Waals surface area contributed by atoms with Gasteiger partial charge >= 0.3 is 0 Å². The molecule has 1 fully saturated rings. The Morgan fingerprint density at radius 3 is 1.50 bits per heavy atom. The number of unbranched alkanes of at least 4 members (excludes halogenated alkanes) is 12. The summed E-state index contributed by atoms with van der Waals surface area (Å²) in [6, 6.07) is 0. The molecule has 0 aromatic heterocycles. The van der Waals surface area contributed by atoms with E-state index >= 15 is 0 Å². The quantitative estimate of drug-likeness (QED) is 0.278. The van der Waals surface area contributed by atoms with Crippen LogP contribution in [0, 0.1) is 11.8 Å². The largest absolute Gasteiger partial charge is 0.300 e. The Balaban J connectivity index is 1.77. The minimum atomic E-state index is 0.396. The Morgan fingerprint density at radius 2 is 1.08 bits per heavy atom. The van der Waals surface area contributed by atoms with Gasteiger partial charge < -0.3 is 0 Å². The molecular weight excluding hydrogens is 292 g/mol. The molecule has 0 radical (unpaired) electrons. The van der Waals surface area contributed by atoms with Crippen LogP contribution >= 0.6 is 0 Å². The molecule has 1 saturated carbocycles. The lowest BCUT2D eigenvalue weighted by Crippen LogP contribution is -2.19. The van der Waals surface area contributed by atoms with Crippen molar-refractivity contribution in [2.24, 2.45) is 11.8 Å². The van der Waals surface area contributed by atoms with Gasteiger partial charge in [-0.3, -0.25) is 4.79 Å². The van der Waals surface area contributed by atoms with Crippen LogP contribution in [0.15, 0.2) is 0 Å². The SMILES string of the molecule is CCCCCCCCCCCCCCCC1CCC(C(C)=O)CC1. The van der Waals surface area contributed by atoms with E-state index in [-0.39, 0.29) is 0 Å². The molecule has 0 amide bonds. The summed E-state index contributed by atoms with van der Waals surface area (Å²) in [6.07, 6.45) is 25.1. The number of carbonyl (C=O) groups is 1. The van der Waals surface area contributed by atoms with Crippen molar-refractivity contribution in [1.29, 1.82) is 0 Å². The Hall–Kier alpha value is -0.330. The summed E-state index contributed by atoms with van der Waals surface area (Å²) in [5.74, 6) is 1.75. The van der Waals surface area contributed by atoms with Crippen molar-refractivity contribution in [3.05, 3.63) is 0 Å². The molecular formula is C23H44O. The second-order valence-corrected chi connectivity index (χ2v) is 8.36. The van der Waals surface area contributed by atoms with E-state index in [4.69, 9.17) is 0 Å². The summed E-state index contributed by atoms with van der Waals surface area (Å²) in [5.41, 5.74) is 0. The minimum Gasteiger partial charge on any atom is -0.300 e. The molecule has 0 N–H and O–H groups in total. The van der Waals surface area contributed by atoms with Gasteiger partial charge in [-0.1, -0.05) is 96.8 Å². The normalized spacial score (nSPS) is 21.1. The molecule has 1 nitrogen and oxygen atoms in total. The summed E-state index contributed by atoms with van der Waals surface area (Å²) >= 11 is 0. The fraction of sp³-hybridized carbons (Fsp3) is 0.957. The Bertz CT molecular complexity index is 288. The first-order valence-corrected chi connectivity index (χ1v) is 11.2. The van der Waals surface area contributed by atoms with Crippen molar-refractivity contribution in [2.75, 3.05) is 0 Å². The first-order chi connectivity index (χ1) is 11.7. The van der Waals surface area contributed by atoms with Crippen molar-refractivity contribution >= 4 is 5.78 Å². The molecule has 0 saturated heterocycles. The third-order valence-corrected chi connectivity index (χ3v) is 6.14. The smallest absolute Gasteiger partial charge is 0.132 e. The maximum Gasteiger partial charge on any atom is 0.132 e. The predicted molar refractivity (Wildman–Crippen MR) is 106 cm³/mol. The van der Waals surface area contributed by atoms with Gasteiger partial charge in [0.05, 0.1) is 0 Å². The van der Waals surface area contributed by atoms with E-state index in [0.717, 1.165) is 5.92 Å². The van der Waals surface area contributed by atoms with Gasteiger partial charge in [-0.15, -0.1) is 0 Å². The average Bonchev–Trinajstić information content (AvgIpc) is 2.59. The molecule has 0 bridgehead atoms. The molecule has 0 aromatic rings. The van der Waals surface area contributed by atoms with Crippen LogP contribution in [0.4, 0.5) is 0 Å². The monoisotopic (exact) mass is 336 g/mol. The molecule has 142 valence electrons. The highest BCUT2D eigenvalue weighted by Gasteiger charge is 2.23. The van der Waals surface area contributed by atoms with E-state index in [1.165, 1.54) is 116 Å². The van der Waals surface area contributed by atoms with Crippen molar-refractivity contribution in [3.8, 4) is 0 Å². The van der Waals surface area contributed by atoms with Gasteiger partial charge in [-0.05, 0) is 38.5 Å². The first kappa shape index (κ1) is 21.7. The lowest BCUT2D eigenvalue weighted by atomic mass is 9.78. The van der Waals surface area contributed by atoms with Crippen LogP contribution in [0.5, 0.6) is 0 Å². The molecule has 0 spiro atoms. The van der Waals surface area contributed by atoms with Gasteiger partial charge in [0.15, 0.2) is 0 Å². The summed E-state index contributed by atoms with van der Waals surface area (Å²) in [4.78, 5) is 11.4. The second kappa shape index (κ2) is 15.0. The highest BCUT2D eigenvalue weighted by Crippen LogP contribution is 2.32. The first-order valence-electron chi connectivity index (χ1n) is 11.2. The Kier molecular flexibility index (Phi) is 13.5. The molecule has 0 unspecified atom stereocenters. The number of ketones is 1. The highest BCUT2D eigenvalue weighted by molar-refractivity contribution is 5.78. The molecule has 1 aliphatic carbocycles.